The van der Waals surface area contributed by atoms with Gasteiger partial charge >= 0.3 is 5.97 Å². The van der Waals surface area contributed by atoms with E-state index in [1.54, 1.807) is 13.8 Å². The Hall–Kier alpha value is -1.41. The van der Waals surface area contributed by atoms with Crippen molar-refractivity contribution in [1.82, 2.24) is 0 Å². The van der Waals surface area contributed by atoms with Crippen LogP contribution in [0.25, 0.3) is 0 Å². The zero-order valence-corrected chi connectivity index (χ0v) is 8.04. The van der Waals surface area contributed by atoms with E-state index in [0.29, 0.717) is 12.8 Å². The Bertz CT molecular complexity index is 224. The molecule has 0 aliphatic carbocycles. The Kier molecular flexibility index (Phi) is 5.48. The number of hydrogen-bond acceptors (Lipinski definition) is 2. The third-order valence-electron chi connectivity index (χ3n) is 1.41. The first-order valence-electron chi connectivity index (χ1n) is 4.19. The lowest BCUT2D eigenvalue weighted by Gasteiger charge is -2.13. The summed E-state index contributed by atoms with van der Waals surface area (Å²) in [6, 6.07) is 0. The van der Waals surface area contributed by atoms with Gasteiger partial charge in [0.1, 0.15) is 0 Å². The molecule has 2 heteroatoms. The molecule has 0 aromatic heterocycles. The van der Waals surface area contributed by atoms with E-state index in [1.807, 2.05) is 0 Å². The highest BCUT2D eigenvalue weighted by Gasteiger charge is 2.18. The number of terminal acetylenes is 2. The van der Waals surface area contributed by atoms with Gasteiger partial charge in [-0.1, -0.05) is 0 Å². The molecule has 0 aliphatic heterocycles. The lowest BCUT2D eigenvalue weighted by Crippen LogP contribution is -2.20. The standard InChI is InChI=1S/C11H14O2/c1-5-7-10(8-6-2)11(12)13-9(3)4/h1-2,9-10H,7-8H2,3-4H3. The SMILES string of the molecule is C#CCC(CC#C)C(=O)OC(C)C. The average molecular weight is 178 g/mol. The van der Waals surface area contributed by atoms with E-state index >= 15 is 0 Å². The van der Waals surface area contributed by atoms with Gasteiger partial charge in [0.2, 0.25) is 0 Å². The van der Waals surface area contributed by atoms with Crippen molar-refractivity contribution in [1.29, 1.82) is 0 Å². The lowest BCUT2D eigenvalue weighted by molar-refractivity contribution is -0.152. The second kappa shape index (κ2) is 6.14. The summed E-state index contributed by atoms with van der Waals surface area (Å²) >= 11 is 0. The number of ether oxygens (including phenoxy) is 1. The van der Waals surface area contributed by atoms with Crippen molar-refractivity contribution in [3.8, 4) is 24.7 Å². The van der Waals surface area contributed by atoms with Gasteiger partial charge in [-0.05, 0) is 13.8 Å². The minimum Gasteiger partial charge on any atom is -0.463 e. The molecule has 0 N–H and O–H groups in total. The third kappa shape index (κ3) is 4.93. The molecule has 0 aromatic rings. The summed E-state index contributed by atoms with van der Waals surface area (Å²) in [5, 5.41) is 0. The molecule has 0 unspecified atom stereocenters. The number of esters is 1. The Morgan fingerprint density at radius 3 is 2.08 bits per heavy atom. The van der Waals surface area contributed by atoms with Gasteiger partial charge < -0.3 is 4.74 Å². The van der Waals surface area contributed by atoms with Crippen molar-refractivity contribution in [2.75, 3.05) is 0 Å². The van der Waals surface area contributed by atoms with E-state index in [1.165, 1.54) is 0 Å². The van der Waals surface area contributed by atoms with Crippen LogP contribution in [0.3, 0.4) is 0 Å². The van der Waals surface area contributed by atoms with Gasteiger partial charge in [0.15, 0.2) is 0 Å². The largest absolute Gasteiger partial charge is 0.463 e. The molecule has 0 atom stereocenters. The van der Waals surface area contributed by atoms with Crippen LogP contribution in [-0.2, 0) is 9.53 Å². The maximum atomic E-state index is 11.3. The first-order valence-corrected chi connectivity index (χ1v) is 4.19. The van der Waals surface area contributed by atoms with Gasteiger partial charge in [-0.2, -0.15) is 0 Å². The molecule has 0 saturated carbocycles. The van der Waals surface area contributed by atoms with Crippen molar-refractivity contribution in [3.63, 3.8) is 0 Å². The number of carbonyl (C=O) groups is 1. The minimum atomic E-state index is -0.350. The summed E-state index contributed by atoms with van der Waals surface area (Å²) in [6.45, 7) is 3.58. The summed E-state index contributed by atoms with van der Waals surface area (Å²) in [5.41, 5.74) is 0. The molecule has 0 amide bonds. The fraction of sp³-hybridized carbons (Fsp3) is 0.545. The summed E-state index contributed by atoms with van der Waals surface area (Å²) in [7, 11) is 0. The predicted octanol–water partition coefficient (Wildman–Crippen LogP) is 1.60. The average Bonchev–Trinajstić information content (AvgIpc) is 2.02. The molecular formula is C11H14O2. The molecule has 0 fully saturated rings. The van der Waals surface area contributed by atoms with Crippen molar-refractivity contribution >= 4 is 5.97 Å². The molecule has 0 saturated heterocycles. The Labute approximate surface area is 79.7 Å². The van der Waals surface area contributed by atoms with Gasteiger partial charge in [-0.15, -0.1) is 24.7 Å². The smallest absolute Gasteiger partial charge is 0.311 e. The highest BCUT2D eigenvalue weighted by molar-refractivity contribution is 5.73. The van der Waals surface area contributed by atoms with Gasteiger partial charge in [-0.25, -0.2) is 0 Å². The maximum Gasteiger partial charge on any atom is 0.311 e. The molecule has 0 aliphatic rings. The second-order valence-electron chi connectivity index (χ2n) is 3.00. The van der Waals surface area contributed by atoms with E-state index < -0.39 is 0 Å². The molecule has 0 radical (unpaired) electrons. The Balaban J connectivity index is 4.14. The number of rotatable bonds is 4. The highest BCUT2D eigenvalue weighted by Crippen LogP contribution is 2.10. The topological polar surface area (TPSA) is 26.3 Å². The molecule has 13 heavy (non-hydrogen) atoms. The third-order valence-corrected chi connectivity index (χ3v) is 1.41. The maximum absolute atomic E-state index is 11.3. The van der Waals surface area contributed by atoms with Crippen LogP contribution in [0.5, 0.6) is 0 Å². The molecule has 0 aromatic carbocycles. The monoisotopic (exact) mass is 178 g/mol. The molecule has 0 heterocycles. The first kappa shape index (κ1) is 11.6. The van der Waals surface area contributed by atoms with E-state index in [0.717, 1.165) is 0 Å². The summed E-state index contributed by atoms with van der Waals surface area (Å²) < 4.78 is 4.99. The molecule has 0 rings (SSSR count). The number of carbonyl (C=O) groups excluding carboxylic acids is 1. The summed E-state index contributed by atoms with van der Waals surface area (Å²) in [4.78, 5) is 11.3. The first-order chi connectivity index (χ1) is 6.11. The van der Waals surface area contributed by atoms with Crippen LogP contribution in [0, 0.1) is 30.6 Å². The molecule has 0 bridgehead atoms. The van der Waals surface area contributed by atoms with E-state index in [4.69, 9.17) is 17.6 Å². The zero-order chi connectivity index (χ0) is 10.3. The van der Waals surface area contributed by atoms with E-state index in [2.05, 4.69) is 11.8 Å². The fourth-order valence-electron chi connectivity index (χ4n) is 0.852. The lowest BCUT2D eigenvalue weighted by atomic mass is 10.0. The van der Waals surface area contributed by atoms with Crippen molar-refractivity contribution in [2.24, 2.45) is 5.92 Å². The molecule has 70 valence electrons. The van der Waals surface area contributed by atoms with E-state index in [9.17, 15) is 4.79 Å². The van der Waals surface area contributed by atoms with E-state index in [-0.39, 0.29) is 18.0 Å². The van der Waals surface area contributed by atoms with Crippen LogP contribution in [0.2, 0.25) is 0 Å². The van der Waals surface area contributed by atoms with Gasteiger partial charge in [0.25, 0.3) is 0 Å². The van der Waals surface area contributed by atoms with Crippen molar-refractivity contribution in [2.45, 2.75) is 32.8 Å². The van der Waals surface area contributed by atoms with Crippen LogP contribution in [0.1, 0.15) is 26.7 Å². The second-order valence-corrected chi connectivity index (χ2v) is 3.00. The van der Waals surface area contributed by atoms with Crippen molar-refractivity contribution in [3.05, 3.63) is 0 Å². The van der Waals surface area contributed by atoms with Crippen LogP contribution in [-0.4, -0.2) is 12.1 Å². The minimum absolute atomic E-state index is 0.120. The van der Waals surface area contributed by atoms with Gasteiger partial charge in [0.05, 0.1) is 12.0 Å². The van der Waals surface area contributed by atoms with Gasteiger partial charge in [-0.3, -0.25) is 4.79 Å². The molecular weight excluding hydrogens is 164 g/mol. The summed E-state index contributed by atoms with van der Waals surface area (Å²) in [6.07, 6.45) is 10.8. The van der Waals surface area contributed by atoms with Crippen LogP contribution >= 0.6 is 0 Å². The van der Waals surface area contributed by atoms with Crippen molar-refractivity contribution < 1.29 is 9.53 Å². The Morgan fingerprint density at radius 1 is 1.31 bits per heavy atom. The highest BCUT2D eigenvalue weighted by atomic mass is 16.5. The quantitative estimate of drug-likeness (QED) is 0.483. The Morgan fingerprint density at radius 2 is 1.77 bits per heavy atom. The summed E-state index contributed by atoms with van der Waals surface area (Å²) in [5.74, 6) is 4.17. The zero-order valence-electron chi connectivity index (χ0n) is 8.04. The molecule has 0 spiro atoms. The molecule has 2 nitrogen and oxygen atoms in total. The predicted molar refractivity (Wildman–Crippen MR) is 51.6 cm³/mol. The van der Waals surface area contributed by atoms with Crippen LogP contribution in [0.4, 0.5) is 0 Å². The number of hydrogen-bond donors (Lipinski definition) is 0. The normalized spacial score (nSPS) is 9.38. The van der Waals surface area contributed by atoms with Gasteiger partial charge in [0, 0.05) is 12.8 Å². The fourth-order valence-corrected chi connectivity index (χ4v) is 0.852. The van der Waals surface area contributed by atoms with Crippen LogP contribution in [0.15, 0.2) is 0 Å². The van der Waals surface area contributed by atoms with Crippen LogP contribution < -0.4 is 0 Å².